The van der Waals surface area contributed by atoms with Crippen LogP contribution in [0.15, 0.2) is 23.1 Å². The van der Waals surface area contributed by atoms with Gasteiger partial charge in [-0.2, -0.15) is 4.31 Å². The molecule has 0 radical (unpaired) electrons. The van der Waals surface area contributed by atoms with Gasteiger partial charge >= 0.3 is 0 Å². The second kappa shape index (κ2) is 7.06. The van der Waals surface area contributed by atoms with Crippen LogP contribution in [0, 0.1) is 5.92 Å². The molecule has 0 fully saturated rings. The predicted octanol–water partition coefficient (Wildman–Crippen LogP) is 1.85. The summed E-state index contributed by atoms with van der Waals surface area (Å²) in [5.41, 5.74) is 0.467. The van der Waals surface area contributed by atoms with Gasteiger partial charge in [-0.25, -0.2) is 8.42 Å². The molecule has 6 heteroatoms. The summed E-state index contributed by atoms with van der Waals surface area (Å²) >= 11 is 0. The van der Waals surface area contributed by atoms with E-state index in [4.69, 9.17) is 4.74 Å². The normalized spacial score (nSPS) is 12.2. The number of nitrogens with zero attached hydrogens (tertiary/aromatic N) is 1. The van der Waals surface area contributed by atoms with E-state index >= 15 is 0 Å². The lowest BCUT2D eigenvalue weighted by Crippen LogP contribution is -2.34. The number of hydrogen-bond acceptors (Lipinski definition) is 4. The van der Waals surface area contributed by atoms with E-state index in [0.717, 1.165) is 0 Å². The minimum atomic E-state index is -3.54. The van der Waals surface area contributed by atoms with Crippen molar-refractivity contribution in [3.63, 3.8) is 0 Å². The Morgan fingerprint density at radius 3 is 2.45 bits per heavy atom. The SMILES string of the molecule is CCN(CC(C)C)S(=O)(=O)c1ccc(OC)c(CO)c1. The molecule has 0 saturated heterocycles. The summed E-state index contributed by atoms with van der Waals surface area (Å²) in [6, 6.07) is 4.55. The minimum absolute atomic E-state index is 0.185. The van der Waals surface area contributed by atoms with Gasteiger partial charge in [-0.05, 0) is 24.1 Å². The molecule has 0 atom stereocenters. The Labute approximate surface area is 121 Å². The maximum Gasteiger partial charge on any atom is 0.243 e. The number of ether oxygens (including phenoxy) is 1. The van der Waals surface area contributed by atoms with Gasteiger partial charge in [0, 0.05) is 18.7 Å². The zero-order valence-corrected chi connectivity index (χ0v) is 13.3. The molecule has 0 heterocycles. The molecule has 114 valence electrons. The first-order chi connectivity index (χ1) is 9.36. The largest absolute Gasteiger partial charge is 0.496 e. The molecule has 0 bridgehead atoms. The first kappa shape index (κ1) is 16.9. The Bertz CT molecular complexity index is 540. The molecule has 1 aromatic rings. The predicted molar refractivity (Wildman–Crippen MR) is 78.2 cm³/mol. The third-order valence-electron chi connectivity index (χ3n) is 2.98. The summed E-state index contributed by atoms with van der Waals surface area (Å²) in [6.45, 7) is 6.40. The van der Waals surface area contributed by atoms with Gasteiger partial charge < -0.3 is 9.84 Å². The molecule has 0 unspecified atom stereocenters. The molecule has 0 saturated carbocycles. The van der Waals surface area contributed by atoms with E-state index in [2.05, 4.69) is 0 Å². The Balaban J connectivity index is 3.20. The van der Waals surface area contributed by atoms with Crippen LogP contribution >= 0.6 is 0 Å². The van der Waals surface area contributed by atoms with Crippen molar-refractivity contribution >= 4 is 10.0 Å². The molecule has 0 aliphatic heterocycles. The Hall–Kier alpha value is -1.11. The van der Waals surface area contributed by atoms with Crippen LogP contribution in [0.5, 0.6) is 5.75 Å². The van der Waals surface area contributed by atoms with E-state index < -0.39 is 10.0 Å². The van der Waals surface area contributed by atoms with Crippen LogP contribution in [-0.4, -0.2) is 38.0 Å². The van der Waals surface area contributed by atoms with Gasteiger partial charge in [0.1, 0.15) is 5.75 Å². The van der Waals surface area contributed by atoms with Crippen LogP contribution in [0.1, 0.15) is 26.3 Å². The smallest absolute Gasteiger partial charge is 0.243 e. The van der Waals surface area contributed by atoms with Gasteiger partial charge in [-0.1, -0.05) is 20.8 Å². The summed E-state index contributed by atoms with van der Waals surface area (Å²) in [5.74, 6) is 0.735. The van der Waals surface area contributed by atoms with Crippen LogP contribution < -0.4 is 4.74 Å². The van der Waals surface area contributed by atoms with E-state index in [1.54, 1.807) is 6.07 Å². The number of hydrogen-bond donors (Lipinski definition) is 1. The van der Waals surface area contributed by atoms with Crippen LogP contribution in [0.3, 0.4) is 0 Å². The molecule has 1 aromatic carbocycles. The zero-order chi connectivity index (χ0) is 15.3. The van der Waals surface area contributed by atoms with Crippen molar-refractivity contribution in [2.45, 2.75) is 32.3 Å². The quantitative estimate of drug-likeness (QED) is 0.834. The maximum atomic E-state index is 12.6. The van der Waals surface area contributed by atoms with E-state index in [-0.39, 0.29) is 17.4 Å². The van der Waals surface area contributed by atoms with Crippen molar-refractivity contribution in [3.8, 4) is 5.75 Å². The van der Waals surface area contributed by atoms with E-state index in [1.165, 1.54) is 23.5 Å². The van der Waals surface area contributed by atoms with Crippen LogP contribution in [0.4, 0.5) is 0 Å². The molecule has 0 aromatic heterocycles. The molecule has 1 rings (SSSR count). The van der Waals surface area contributed by atoms with Crippen LogP contribution in [0.2, 0.25) is 0 Å². The number of aliphatic hydroxyl groups excluding tert-OH is 1. The van der Waals surface area contributed by atoms with E-state index in [0.29, 0.717) is 24.4 Å². The average Bonchev–Trinajstić information content (AvgIpc) is 2.43. The third kappa shape index (κ3) is 3.71. The van der Waals surface area contributed by atoms with Crippen molar-refractivity contribution in [1.29, 1.82) is 0 Å². The molecule has 1 N–H and O–H groups in total. The molecular formula is C14H23NO4S. The van der Waals surface area contributed by atoms with Gasteiger partial charge in [-0.3, -0.25) is 0 Å². The fourth-order valence-electron chi connectivity index (χ4n) is 1.99. The van der Waals surface area contributed by atoms with Crippen molar-refractivity contribution in [3.05, 3.63) is 23.8 Å². The molecule has 0 amide bonds. The lowest BCUT2D eigenvalue weighted by Gasteiger charge is -2.22. The topological polar surface area (TPSA) is 66.8 Å². The summed E-state index contributed by atoms with van der Waals surface area (Å²) < 4.78 is 31.7. The summed E-state index contributed by atoms with van der Waals surface area (Å²) in [4.78, 5) is 0.185. The van der Waals surface area contributed by atoms with E-state index in [9.17, 15) is 13.5 Å². The maximum absolute atomic E-state index is 12.6. The van der Waals surface area contributed by atoms with Gasteiger partial charge in [0.25, 0.3) is 0 Å². The highest BCUT2D eigenvalue weighted by atomic mass is 32.2. The van der Waals surface area contributed by atoms with Gasteiger partial charge in [0.05, 0.1) is 18.6 Å². The Morgan fingerprint density at radius 1 is 1.35 bits per heavy atom. The van der Waals surface area contributed by atoms with Crippen LogP contribution in [0.25, 0.3) is 0 Å². The van der Waals surface area contributed by atoms with Crippen molar-refractivity contribution < 1.29 is 18.3 Å². The molecule has 0 aliphatic carbocycles. The second-order valence-electron chi connectivity index (χ2n) is 4.98. The fourth-order valence-corrected chi connectivity index (χ4v) is 3.66. The fraction of sp³-hybridized carbons (Fsp3) is 0.571. The minimum Gasteiger partial charge on any atom is -0.496 e. The summed E-state index contributed by atoms with van der Waals surface area (Å²) in [6.07, 6.45) is 0. The van der Waals surface area contributed by atoms with Crippen molar-refractivity contribution in [1.82, 2.24) is 4.31 Å². The number of rotatable bonds is 7. The highest BCUT2D eigenvalue weighted by Gasteiger charge is 2.24. The van der Waals surface area contributed by atoms with Gasteiger partial charge in [0.2, 0.25) is 10.0 Å². The second-order valence-corrected chi connectivity index (χ2v) is 6.92. The number of aliphatic hydroxyl groups is 1. The molecule has 0 aliphatic rings. The average molecular weight is 301 g/mol. The molecule has 5 nitrogen and oxygen atoms in total. The van der Waals surface area contributed by atoms with Gasteiger partial charge in [-0.15, -0.1) is 0 Å². The molecule has 0 spiro atoms. The number of methoxy groups -OCH3 is 1. The third-order valence-corrected chi connectivity index (χ3v) is 4.92. The van der Waals surface area contributed by atoms with Crippen LogP contribution in [-0.2, 0) is 16.6 Å². The standard InChI is InChI=1S/C14H23NO4S/c1-5-15(9-11(2)3)20(17,18)13-6-7-14(19-4)12(8-13)10-16/h6-8,11,16H,5,9-10H2,1-4H3. The Kier molecular flexibility index (Phi) is 5.98. The monoisotopic (exact) mass is 301 g/mol. The molecule has 20 heavy (non-hydrogen) atoms. The first-order valence-corrected chi connectivity index (χ1v) is 8.08. The molecular weight excluding hydrogens is 278 g/mol. The van der Waals surface area contributed by atoms with E-state index in [1.807, 2.05) is 20.8 Å². The summed E-state index contributed by atoms with van der Waals surface area (Å²) in [7, 11) is -2.05. The number of benzene rings is 1. The zero-order valence-electron chi connectivity index (χ0n) is 12.5. The lowest BCUT2D eigenvalue weighted by atomic mass is 10.2. The highest BCUT2D eigenvalue weighted by Crippen LogP contribution is 2.25. The number of sulfonamides is 1. The van der Waals surface area contributed by atoms with Gasteiger partial charge in [0.15, 0.2) is 0 Å². The summed E-state index contributed by atoms with van der Waals surface area (Å²) in [5, 5.41) is 9.29. The van der Waals surface area contributed by atoms with Crippen molar-refractivity contribution in [2.24, 2.45) is 5.92 Å². The first-order valence-electron chi connectivity index (χ1n) is 6.64. The van der Waals surface area contributed by atoms with Crippen molar-refractivity contribution in [2.75, 3.05) is 20.2 Å². The highest BCUT2D eigenvalue weighted by molar-refractivity contribution is 7.89. The Morgan fingerprint density at radius 2 is 2.00 bits per heavy atom. The lowest BCUT2D eigenvalue weighted by molar-refractivity contribution is 0.273.